The van der Waals surface area contributed by atoms with Gasteiger partial charge < -0.3 is 14.2 Å². The summed E-state index contributed by atoms with van der Waals surface area (Å²) < 4.78 is 15.9. The van der Waals surface area contributed by atoms with Crippen LogP contribution >= 0.6 is 11.3 Å². The van der Waals surface area contributed by atoms with Gasteiger partial charge in [-0.05, 0) is 10.8 Å². The number of nitrogens with one attached hydrogen (secondary N) is 1. The van der Waals surface area contributed by atoms with Crippen LogP contribution in [0.15, 0.2) is 60.0 Å². The standard InChI is InChI=1S/C23H20N2O4S/c1-27-19-12-21(29-3)20(28-2)11-17(19)22(26)25-23-24-18(13-30-23)16-10-6-8-14-7-4-5-9-15(14)16/h4-13H,1-3H3,(H,24,25,26). The van der Waals surface area contributed by atoms with Gasteiger partial charge in [-0.2, -0.15) is 0 Å². The Kier molecular flexibility index (Phi) is 5.54. The summed E-state index contributed by atoms with van der Waals surface area (Å²) in [5.74, 6) is 0.972. The predicted octanol–water partition coefficient (Wildman–Crippen LogP) is 5.24. The van der Waals surface area contributed by atoms with Crippen molar-refractivity contribution in [2.75, 3.05) is 26.6 Å². The van der Waals surface area contributed by atoms with Crippen molar-refractivity contribution in [2.24, 2.45) is 0 Å². The number of amides is 1. The highest BCUT2D eigenvalue weighted by Gasteiger charge is 2.19. The van der Waals surface area contributed by atoms with E-state index in [0.29, 0.717) is 27.9 Å². The monoisotopic (exact) mass is 420 g/mol. The molecule has 4 rings (SSSR count). The Morgan fingerprint density at radius 3 is 2.37 bits per heavy atom. The summed E-state index contributed by atoms with van der Waals surface area (Å²) in [5, 5.41) is 7.54. The maximum Gasteiger partial charge on any atom is 0.261 e. The second kappa shape index (κ2) is 8.42. The lowest BCUT2D eigenvalue weighted by Crippen LogP contribution is -2.13. The molecule has 0 unspecified atom stereocenters. The summed E-state index contributed by atoms with van der Waals surface area (Å²) in [7, 11) is 4.55. The molecule has 1 aromatic heterocycles. The van der Waals surface area contributed by atoms with E-state index < -0.39 is 0 Å². The summed E-state index contributed by atoms with van der Waals surface area (Å²) in [6.45, 7) is 0. The molecule has 0 bridgehead atoms. The number of benzene rings is 3. The third-order valence-electron chi connectivity index (χ3n) is 4.74. The van der Waals surface area contributed by atoms with Crippen LogP contribution in [0.4, 0.5) is 5.13 Å². The molecule has 30 heavy (non-hydrogen) atoms. The van der Waals surface area contributed by atoms with Crippen LogP contribution in [0.2, 0.25) is 0 Å². The highest BCUT2D eigenvalue weighted by Crippen LogP contribution is 2.36. The number of thiazole rings is 1. The first-order valence-electron chi connectivity index (χ1n) is 9.19. The average molecular weight is 420 g/mol. The Bertz CT molecular complexity index is 1210. The van der Waals surface area contributed by atoms with E-state index in [-0.39, 0.29) is 5.91 Å². The largest absolute Gasteiger partial charge is 0.496 e. The lowest BCUT2D eigenvalue weighted by Gasteiger charge is -2.13. The minimum Gasteiger partial charge on any atom is -0.496 e. The van der Waals surface area contributed by atoms with Crippen LogP contribution in [0.3, 0.4) is 0 Å². The number of aromatic nitrogens is 1. The lowest BCUT2D eigenvalue weighted by atomic mass is 10.0. The van der Waals surface area contributed by atoms with Crippen molar-refractivity contribution in [3.8, 4) is 28.5 Å². The van der Waals surface area contributed by atoms with Crippen molar-refractivity contribution < 1.29 is 19.0 Å². The van der Waals surface area contributed by atoms with Crippen molar-refractivity contribution in [2.45, 2.75) is 0 Å². The Labute approximate surface area is 178 Å². The van der Waals surface area contributed by atoms with Gasteiger partial charge in [-0.15, -0.1) is 11.3 Å². The highest BCUT2D eigenvalue weighted by atomic mass is 32.1. The molecule has 1 heterocycles. The summed E-state index contributed by atoms with van der Waals surface area (Å²) in [5.41, 5.74) is 2.16. The fourth-order valence-electron chi connectivity index (χ4n) is 3.27. The minimum atomic E-state index is -0.341. The number of ether oxygens (including phenoxy) is 3. The van der Waals surface area contributed by atoms with Crippen LogP contribution in [0.5, 0.6) is 17.2 Å². The number of carbonyl (C=O) groups excluding carboxylic acids is 1. The smallest absolute Gasteiger partial charge is 0.261 e. The number of fused-ring (bicyclic) bond motifs is 1. The second-order valence-electron chi connectivity index (χ2n) is 6.43. The van der Waals surface area contributed by atoms with Crippen LogP contribution in [0.25, 0.3) is 22.0 Å². The van der Waals surface area contributed by atoms with Crippen molar-refractivity contribution in [3.63, 3.8) is 0 Å². The van der Waals surface area contributed by atoms with E-state index in [0.717, 1.165) is 22.0 Å². The van der Waals surface area contributed by atoms with Crippen LogP contribution in [-0.2, 0) is 0 Å². The average Bonchev–Trinajstić information content (AvgIpc) is 3.25. The number of hydrogen-bond acceptors (Lipinski definition) is 6. The molecule has 1 N–H and O–H groups in total. The fourth-order valence-corrected chi connectivity index (χ4v) is 3.98. The number of carbonyl (C=O) groups is 1. The van der Waals surface area contributed by atoms with Crippen LogP contribution in [-0.4, -0.2) is 32.2 Å². The van der Waals surface area contributed by atoms with Crippen molar-refractivity contribution in [1.82, 2.24) is 4.98 Å². The van der Waals surface area contributed by atoms with E-state index >= 15 is 0 Å². The molecule has 0 aliphatic rings. The Morgan fingerprint density at radius 2 is 1.60 bits per heavy atom. The zero-order valence-corrected chi connectivity index (χ0v) is 17.6. The summed E-state index contributed by atoms with van der Waals surface area (Å²) in [4.78, 5) is 17.5. The van der Waals surface area contributed by atoms with Gasteiger partial charge in [0.2, 0.25) is 0 Å². The van der Waals surface area contributed by atoms with Gasteiger partial charge in [0.1, 0.15) is 5.75 Å². The molecule has 7 heteroatoms. The summed E-state index contributed by atoms with van der Waals surface area (Å²) in [6, 6.07) is 17.5. The molecule has 0 saturated carbocycles. The molecule has 0 radical (unpaired) electrons. The topological polar surface area (TPSA) is 69.7 Å². The van der Waals surface area contributed by atoms with Gasteiger partial charge in [0.05, 0.1) is 32.6 Å². The van der Waals surface area contributed by atoms with E-state index in [2.05, 4.69) is 28.5 Å². The van der Waals surface area contributed by atoms with Gasteiger partial charge in [0, 0.05) is 23.1 Å². The zero-order chi connectivity index (χ0) is 21.1. The molecule has 0 saturated heterocycles. The lowest BCUT2D eigenvalue weighted by molar-refractivity contribution is 0.102. The molecular weight excluding hydrogens is 400 g/mol. The first-order valence-corrected chi connectivity index (χ1v) is 10.1. The van der Waals surface area contributed by atoms with Gasteiger partial charge in [-0.1, -0.05) is 42.5 Å². The third-order valence-corrected chi connectivity index (χ3v) is 5.50. The molecule has 3 aromatic carbocycles. The molecule has 0 spiro atoms. The number of anilines is 1. The van der Waals surface area contributed by atoms with E-state index in [9.17, 15) is 4.79 Å². The minimum absolute atomic E-state index is 0.331. The molecule has 6 nitrogen and oxygen atoms in total. The van der Waals surface area contributed by atoms with Gasteiger partial charge >= 0.3 is 0 Å². The number of rotatable bonds is 6. The van der Waals surface area contributed by atoms with Crippen molar-refractivity contribution >= 4 is 33.1 Å². The first-order chi connectivity index (χ1) is 14.6. The number of hydrogen-bond donors (Lipinski definition) is 1. The molecular formula is C23H20N2O4S. The van der Waals surface area contributed by atoms with Gasteiger partial charge in [-0.3, -0.25) is 10.1 Å². The maximum atomic E-state index is 12.9. The summed E-state index contributed by atoms with van der Waals surface area (Å²) >= 11 is 1.37. The number of methoxy groups -OCH3 is 3. The Morgan fingerprint density at radius 1 is 0.900 bits per heavy atom. The van der Waals surface area contributed by atoms with Crippen molar-refractivity contribution in [3.05, 3.63) is 65.5 Å². The highest BCUT2D eigenvalue weighted by molar-refractivity contribution is 7.14. The van der Waals surface area contributed by atoms with Gasteiger partial charge in [-0.25, -0.2) is 4.98 Å². The third kappa shape index (κ3) is 3.67. The molecule has 0 atom stereocenters. The van der Waals surface area contributed by atoms with E-state index in [1.54, 1.807) is 12.1 Å². The van der Waals surface area contributed by atoms with Crippen LogP contribution < -0.4 is 19.5 Å². The Balaban J connectivity index is 1.63. The normalized spacial score (nSPS) is 10.6. The maximum absolute atomic E-state index is 12.9. The van der Waals surface area contributed by atoms with E-state index in [4.69, 9.17) is 14.2 Å². The van der Waals surface area contributed by atoms with Crippen LogP contribution in [0, 0.1) is 0 Å². The second-order valence-corrected chi connectivity index (χ2v) is 7.28. The molecule has 1 amide bonds. The van der Waals surface area contributed by atoms with Crippen molar-refractivity contribution in [1.29, 1.82) is 0 Å². The van der Waals surface area contributed by atoms with Gasteiger partial charge in [0.25, 0.3) is 5.91 Å². The van der Waals surface area contributed by atoms with Gasteiger partial charge in [0.15, 0.2) is 16.6 Å². The first kappa shape index (κ1) is 19.7. The zero-order valence-electron chi connectivity index (χ0n) is 16.8. The molecule has 0 fully saturated rings. The fraction of sp³-hybridized carbons (Fsp3) is 0.130. The predicted molar refractivity (Wildman–Crippen MR) is 119 cm³/mol. The quantitative estimate of drug-likeness (QED) is 0.462. The van der Waals surface area contributed by atoms with Crippen LogP contribution in [0.1, 0.15) is 10.4 Å². The SMILES string of the molecule is COc1cc(OC)c(C(=O)Nc2nc(-c3cccc4ccccc34)cs2)cc1OC. The number of nitrogens with zero attached hydrogens (tertiary/aromatic N) is 1. The van der Waals surface area contributed by atoms with E-state index in [1.165, 1.54) is 32.7 Å². The Hall–Kier alpha value is -3.58. The molecule has 0 aliphatic carbocycles. The molecule has 152 valence electrons. The molecule has 0 aliphatic heterocycles. The molecule has 4 aromatic rings. The summed E-state index contributed by atoms with van der Waals surface area (Å²) in [6.07, 6.45) is 0. The van der Waals surface area contributed by atoms with E-state index in [1.807, 2.05) is 29.6 Å².